The summed E-state index contributed by atoms with van der Waals surface area (Å²) in [4.78, 5) is 52.6. The average Bonchev–Trinajstić information content (AvgIpc) is 3.04. The van der Waals surface area contributed by atoms with Crippen molar-refractivity contribution < 1.29 is 14.9 Å². The van der Waals surface area contributed by atoms with Crippen LogP contribution < -0.4 is 22.0 Å². The molecule has 0 amide bonds. The Morgan fingerprint density at radius 2 is 1.49 bits per heavy atom. The molecule has 12 nitrogen and oxygen atoms in total. The molecule has 2 aliphatic heterocycles. The molecule has 248 valence electrons. The van der Waals surface area contributed by atoms with Crippen LogP contribution in [0.5, 0.6) is 11.6 Å². The van der Waals surface area contributed by atoms with Gasteiger partial charge in [-0.25, -0.2) is 0 Å². The lowest BCUT2D eigenvalue weighted by atomic mass is 9.90. The fourth-order valence-electron chi connectivity index (χ4n) is 6.42. The molecular formula is C35H42N6O6. The minimum Gasteiger partial charge on any atom is -0.508 e. The van der Waals surface area contributed by atoms with Crippen LogP contribution >= 0.6 is 0 Å². The van der Waals surface area contributed by atoms with Crippen LogP contribution in [0.25, 0.3) is 32.7 Å². The third-order valence-electron chi connectivity index (χ3n) is 9.03. The molecule has 47 heavy (non-hydrogen) atoms. The first-order chi connectivity index (χ1) is 22.5. The van der Waals surface area contributed by atoms with E-state index in [1.807, 2.05) is 50.1 Å². The molecule has 3 aromatic rings. The average molecular weight is 643 g/mol. The standard InChI is InChI=1S/C35H42N6O6/c1-37(2)11-13-40-32(43)24-6-7-25-30-29(24)26(34(40)45)20-27(31(30)35(46)41(33(25)44)14-12-38(3)4)36-10-9-22-5-8-28(42)23(19-22)21-39-15-17-47-18-16-39/h5-8,19-20,42,44H,9-18,21H2,1-4H3. The molecule has 6 rings (SSSR count). The van der Waals surface area contributed by atoms with Crippen LogP contribution in [0.15, 0.2) is 55.8 Å². The number of hydrogen-bond acceptors (Lipinski definition) is 10. The third kappa shape index (κ3) is 6.33. The molecule has 0 atom stereocenters. The van der Waals surface area contributed by atoms with Gasteiger partial charge in [0.15, 0.2) is 0 Å². The van der Waals surface area contributed by atoms with Gasteiger partial charge in [-0.2, -0.15) is 0 Å². The van der Waals surface area contributed by atoms with E-state index in [0.717, 1.165) is 24.2 Å². The lowest BCUT2D eigenvalue weighted by molar-refractivity contribution is 0.0339. The van der Waals surface area contributed by atoms with Crippen LogP contribution in [0.1, 0.15) is 11.1 Å². The van der Waals surface area contributed by atoms with Gasteiger partial charge < -0.3 is 24.7 Å². The van der Waals surface area contributed by atoms with Gasteiger partial charge >= 0.3 is 0 Å². The summed E-state index contributed by atoms with van der Waals surface area (Å²) in [6.45, 7) is 5.35. The molecule has 0 unspecified atom stereocenters. The lowest BCUT2D eigenvalue weighted by Crippen LogP contribution is -2.39. The number of morpholine rings is 1. The summed E-state index contributed by atoms with van der Waals surface area (Å²) in [6, 6.07) is 10.5. The highest BCUT2D eigenvalue weighted by molar-refractivity contribution is 6.15. The molecule has 1 saturated heterocycles. The third-order valence-corrected chi connectivity index (χ3v) is 9.03. The monoisotopic (exact) mass is 642 g/mol. The van der Waals surface area contributed by atoms with E-state index in [9.17, 15) is 24.6 Å². The van der Waals surface area contributed by atoms with Crippen LogP contribution in [0, 0.1) is 0 Å². The first-order valence-corrected chi connectivity index (χ1v) is 16.0. The number of ether oxygens (including phenoxy) is 1. The zero-order chi connectivity index (χ0) is 33.4. The smallest absolute Gasteiger partial charge is 0.263 e. The molecular weight excluding hydrogens is 600 g/mol. The number of phenols is 1. The van der Waals surface area contributed by atoms with E-state index < -0.39 is 16.7 Å². The van der Waals surface area contributed by atoms with E-state index in [0.29, 0.717) is 72.9 Å². The second kappa shape index (κ2) is 13.4. The molecule has 0 spiro atoms. The highest BCUT2D eigenvalue weighted by Gasteiger charge is 2.26. The molecule has 2 aromatic carbocycles. The van der Waals surface area contributed by atoms with Crippen LogP contribution in [0.3, 0.4) is 0 Å². The maximum absolute atomic E-state index is 14.1. The molecule has 12 heteroatoms. The van der Waals surface area contributed by atoms with Gasteiger partial charge in [0, 0.05) is 79.6 Å². The van der Waals surface area contributed by atoms with Crippen LogP contribution in [0.2, 0.25) is 0 Å². The van der Waals surface area contributed by atoms with Gasteiger partial charge in [0.1, 0.15) is 5.75 Å². The Morgan fingerprint density at radius 1 is 0.809 bits per heavy atom. The van der Waals surface area contributed by atoms with Gasteiger partial charge in [0.05, 0.1) is 29.5 Å². The number of likely N-dealkylation sites (N-methyl/N-ethyl adjacent to an activating group) is 2. The fourth-order valence-corrected chi connectivity index (χ4v) is 6.42. The first kappa shape index (κ1) is 32.6. The zero-order valence-electron chi connectivity index (χ0n) is 27.5. The summed E-state index contributed by atoms with van der Waals surface area (Å²) in [7, 11) is 7.53. The van der Waals surface area contributed by atoms with E-state index in [1.165, 1.54) is 9.13 Å². The van der Waals surface area contributed by atoms with E-state index in [4.69, 9.17) is 9.73 Å². The van der Waals surface area contributed by atoms with E-state index >= 15 is 0 Å². The van der Waals surface area contributed by atoms with E-state index in [-0.39, 0.29) is 35.7 Å². The second-order valence-electron chi connectivity index (χ2n) is 12.9. The van der Waals surface area contributed by atoms with Crippen molar-refractivity contribution in [1.29, 1.82) is 0 Å². The van der Waals surface area contributed by atoms with Crippen molar-refractivity contribution in [3.8, 4) is 22.8 Å². The summed E-state index contributed by atoms with van der Waals surface area (Å²) in [5.41, 5.74) is 1.19. The maximum Gasteiger partial charge on any atom is 0.263 e. The molecule has 2 N–H and O–H groups in total. The molecule has 3 heterocycles. The minimum atomic E-state index is -0.447. The fraction of sp³-hybridized carbons (Fsp3) is 0.429. The Balaban J connectivity index is 1.49. The summed E-state index contributed by atoms with van der Waals surface area (Å²) < 4.78 is 8.03. The molecule has 1 aromatic heterocycles. The summed E-state index contributed by atoms with van der Waals surface area (Å²) in [5, 5.41) is 23.6. The molecule has 0 radical (unpaired) electrons. The normalized spacial score (nSPS) is 15.0. The van der Waals surface area contributed by atoms with Crippen molar-refractivity contribution >= 4 is 21.5 Å². The summed E-state index contributed by atoms with van der Waals surface area (Å²) in [6.07, 6.45) is 0.535. The number of rotatable bonds is 11. The number of aromatic hydroxyl groups is 2. The van der Waals surface area contributed by atoms with Gasteiger partial charge in [-0.05, 0) is 64.4 Å². The summed E-state index contributed by atoms with van der Waals surface area (Å²) in [5.74, 6) is 0.0377. The highest BCUT2D eigenvalue weighted by atomic mass is 16.5. The predicted octanol–water partition coefficient (Wildman–Crippen LogP) is 1.17. The van der Waals surface area contributed by atoms with Gasteiger partial charge in [-0.3, -0.25) is 33.4 Å². The maximum atomic E-state index is 14.1. The number of pyridine rings is 2. The number of nitrogens with zero attached hydrogens (tertiary/aromatic N) is 6. The Bertz CT molecular complexity index is 2110. The Kier molecular flexibility index (Phi) is 9.29. The van der Waals surface area contributed by atoms with Gasteiger partial charge in [-0.1, -0.05) is 12.1 Å². The van der Waals surface area contributed by atoms with Crippen LogP contribution in [-0.4, -0.2) is 108 Å². The largest absolute Gasteiger partial charge is 0.508 e. The molecule has 1 fully saturated rings. The van der Waals surface area contributed by atoms with Crippen molar-refractivity contribution in [3.63, 3.8) is 0 Å². The van der Waals surface area contributed by atoms with Gasteiger partial charge in [0.2, 0.25) is 5.88 Å². The predicted molar refractivity (Wildman–Crippen MR) is 182 cm³/mol. The van der Waals surface area contributed by atoms with Crippen LogP contribution in [-0.2, 0) is 30.8 Å². The Labute approximate surface area is 272 Å². The van der Waals surface area contributed by atoms with E-state index in [2.05, 4.69) is 4.90 Å². The second-order valence-corrected chi connectivity index (χ2v) is 12.9. The molecule has 3 aliphatic rings. The summed E-state index contributed by atoms with van der Waals surface area (Å²) >= 11 is 0. The Morgan fingerprint density at radius 3 is 2.19 bits per heavy atom. The van der Waals surface area contributed by atoms with Crippen molar-refractivity contribution in [2.24, 2.45) is 4.99 Å². The number of phenolic OH excluding ortho intramolecular Hbond substituents is 1. The zero-order valence-corrected chi connectivity index (χ0v) is 27.5. The van der Waals surface area contributed by atoms with Crippen LogP contribution in [0.4, 0.5) is 0 Å². The topological polar surface area (TPSA) is 133 Å². The minimum absolute atomic E-state index is 0.203. The number of hydrogen-bond donors (Lipinski definition) is 2. The number of aromatic nitrogens is 2. The van der Waals surface area contributed by atoms with Gasteiger partial charge in [-0.15, -0.1) is 0 Å². The highest BCUT2D eigenvalue weighted by Crippen LogP contribution is 2.36. The van der Waals surface area contributed by atoms with Crippen molar-refractivity contribution in [2.75, 3.05) is 74.1 Å². The quantitative estimate of drug-likeness (QED) is 0.204. The molecule has 0 bridgehead atoms. The Hall–Kier alpha value is -4.36. The van der Waals surface area contributed by atoms with Crippen molar-refractivity contribution in [2.45, 2.75) is 26.1 Å². The number of benzene rings is 3. The lowest BCUT2D eigenvalue weighted by Gasteiger charge is -2.27. The van der Waals surface area contributed by atoms with Crippen molar-refractivity contribution in [3.05, 3.63) is 83.9 Å². The molecule has 1 aliphatic carbocycles. The SMILES string of the molecule is CN(C)CCn1c(O)c2ccc3c4c2c(c(=NCCc2ccc(O)c(CN5CCOCC5)c2)cc-4c(=O)n(CCN(C)C)c3=O)c1=O. The van der Waals surface area contributed by atoms with E-state index in [1.54, 1.807) is 24.3 Å². The van der Waals surface area contributed by atoms with Crippen molar-refractivity contribution in [1.82, 2.24) is 23.8 Å². The first-order valence-electron chi connectivity index (χ1n) is 16.0. The molecule has 0 saturated carbocycles. The van der Waals surface area contributed by atoms with Gasteiger partial charge in [0.25, 0.3) is 16.7 Å².